The third-order valence-corrected chi connectivity index (χ3v) is 5.69. The number of imide groups is 1. The summed E-state index contributed by atoms with van der Waals surface area (Å²) in [5.41, 5.74) is 1.11. The Kier molecular flexibility index (Phi) is 4.94. The molecule has 152 valence electrons. The number of nitro groups is 1. The highest BCUT2D eigenvalue weighted by molar-refractivity contribution is 9.10. The van der Waals surface area contributed by atoms with Crippen LogP contribution in [0.2, 0.25) is 0 Å². The van der Waals surface area contributed by atoms with Crippen molar-refractivity contribution in [3.63, 3.8) is 0 Å². The summed E-state index contributed by atoms with van der Waals surface area (Å²) >= 11 is 3.32. The van der Waals surface area contributed by atoms with E-state index in [0.717, 1.165) is 14.4 Å². The summed E-state index contributed by atoms with van der Waals surface area (Å²) in [4.78, 5) is 50.1. The second kappa shape index (κ2) is 7.45. The van der Waals surface area contributed by atoms with Crippen LogP contribution in [-0.2, 0) is 14.4 Å². The van der Waals surface area contributed by atoms with Gasteiger partial charge in [0, 0.05) is 28.7 Å². The van der Waals surface area contributed by atoms with Crippen LogP contribution in [0.4, 0.5) is 17.1 Å². The third kappa shape index (κ3) is 3.28. The Hall–Kier alpha value is -3.40. The van der Waals surface area contributed by atoms with E-state index in [2.05, 4.69) is 21.0 Å². The minimum Gasteiger partial charge on any atom is -0.274 e. The molecule has 2 aliphatic heterocycles. The van der Waals surface area contributed by atoms with Crippen molar-refractivity contribution in [3.8, 4) is 0 Å². The number of halogens is 1. The molecule has 4 rings (SSSR count). The van der Waals surface area contributed by atoms with Gasteiger partial charge in [0.2, 0.25) is 11.8 Å². The van der Waals surface area contributed by atoms with Gasteiger partial charge in [-0.1, -0.05) is 15.9 Å². The van der Waals surface area contributed by atoms with Gasteiger partial charge in [-0.25, -0.2) is 5.01 Å². The predicted molar refractivity (Wildman–Crippen MR) is 112 cm³/mol. The number of benzene rings is 2. The van der Waals surface area contributed by atoms with Crippen molar-refractivity contribution in [1.82, 2.24) is 0 Å². The Bertz CT molecular complexity index is 1100. The van der Waals surface area contributed by atoms with E-state index >= 15 is 0 Å². The van der Waals surface area contributed by atoms with Gasteiger partial charge >= 0.3 is 0 Å². The number of carbonyl (C=O) groups excluding carboxylic acids is 3. The number of rotatable bonds is 4. The average Bonchev–Trinajstić information content (AvgIpc) is 3.17. The zero-order valence-electron chi connectivity index (χ0n) is 15.7. The maximum Gasteiger partial charge on any atom is 0.269 e. The Labute approximate surface area is 179 Å². The van der Waals surface area contributed by atoms with Crippen molar-refractivity contribution >= 4 is 56.4 Å². The molecule has 2 aromatic carbocycles. The predicted octanol–water partition coefficient (Wildman–Crippen LogP) is 3.28. The van der Waals surface area contributed by atoms with Crippen molar-refractivity contribution in [2.75, 3.05) is 9.91 Å². The van der Waals surface area contributed by atoms with E-state index < -0.39 is 28.6 Å². The van der Waals surface area contributed by atoms with Gasteiger partial charge in [0.15, 0.2) is 0 Å². The molecule has 1 fully saturated rings. The number of hydrogen-bond donors (Lipinski definition) is 0. The van der Waals surface area contributed by atoms with Crippen molar-refractivity contribution in [2.24, 2.45) is 16.9 Å². The van der Waals surface area contributed by atoms with Crippen LogP contribution in [0.15, 0.2) is 58.1 Å². The number of hydrogen-bond acceptors (Lipinski definition) is 6. The van der Waals surface area contributed by atoms with Crippen LogP contribution in [0, 0.1) is 22.0 Å². The molecule has 0 radical (unpaired) electrons. The monoisotopic (exact) mass is 470 g/mol. The molecule has 2 atom stereocenters. The first-order valence-corrected chi connectivity index (χ1v) is 9.83. The number of anilines is 2. The molecule has 10 heteroatoms. The average molecular weight is 471 g/mol. The minimum atomic E-state index is -0.864. The van der Waals surface area contributed by atoms with Crippen molar-refractivity contribution in [3.05, 3.63) is 63.1 Å². The van der Waals surface area contributed by atoms with Gasteiger partial charge in [-0.2, -0.15) is 5.10 Å². The zero-order chi connectivity index (χ0) is 21.6. The molecule has 1 saturated heterocycles. The molecule has 9 nitrogen and oxygen atoms in total. The standard InChI is InChI=1S/C20H15BrN4O5/c1-11-18(20(28)24(22-11)14-6-8-15(9-7-14)25(29)30)16-10-17(26)23(19(16)27)13-4-2-12(21)3-5-13/h2-9,16,18H,10H2,1H3/t16-,18+/m0/s1. The molecule has 0 bridgehead atoms. The SMILES string of the molecule is CC1=NN(c2ccc([N+](=O)[O-])cc2)C(=O)[C@H]1[C@@H]1CC(=O)N(c2ccc(Br)cc2)C1=O. The summed E-state index contributed by atoms with van der Waals surface area (Å²) in [7, 11) is 0. The smallest absolute Gasteiger partial charge is 0.269 e. The molecular formula is C20H15BrN4O5. The zero-order valence-corrected chi connectivity index (χ0v) is 17.3. The quantitative estimate of drug-likeness (QED) is 0.386. The number of nitrogens with zero attached hydrogens (tertiary/aromatic N) is 4. The number of nitro benzene ring substituents is 1. The number of hydrazone groups is 1. The minimum absolute atomic E-state index is 0.0910. The van der Waals surface area contributed by atoms with Crippen molar-refractivity contribution < 1.29 is 19.3 Å². The van der Waals surface area contributed by atoms with Crippen LogP contribution < -0.4 is 9.91 Å². The highest BCUT2D eigenvalue weighted by atomic mass is 79.9. The highest BCUT2D eigenvalue weighted by Gasteiger charge is 2.50. The lowest BCUT2D eigenvalue weighted by molar-refractivity contribution is -0.384. The number of amides is 3. The molecule has 2 aromatic rings. The lowest BCUT2D eigenvalue weighted by Gasteiger charge is -2.19. The van der Waals surface area contributed by atoms with E-state index in [-0.39, 0.29) is 18.0 Å². The molecule has 0 unspecified atom stereocenters. The first-order chi connectivity index (χ1) is 14.3. The summed E-state index contributed by atoms with van der Waals surface area (Å²) in [6.07, 6.45) is -0.0910. The van der Waals surface area contributed by atoms with Crippen molar-refractivity contribution in [2.45, 2.75) is 13.3 Å². The fourth-order valence-corrected chi connectivity index (χ4v) is 3.99. The fraction of sp³-hybridized carbons (Fsp3) is 0.200. The van der Waals surface area contributed by atoms with Gasteiger partial charge in [0.1, 0.15) is 0 Å². The second-order valence-electron chi connectivity index (χ2n) is 7.00. The molecule has 0 N–H and O–H groups in total. The lowest BCUT2D eigenvalue weighted by Crippen LogP contribution is -2.37. The Morgan fingerprint density at radius 2 is 1.60 bits per heavy atom. The largest absolute Gasteiger partial charge is 0.274 e. The summed E-state index contributed by atoms with van der Waals surface area (Å²) in [6.45, 7) is 1.63. The van der Waals surface area contributed by atoms with Crippen LogP contribution in [0.25, 0.3) is 0 Å². The van der Waals surface area contributed by atoms with Gasteiger partial charge in [-0.05, 0) is 43.3 Å². The molecule has 0 saturated carbocycles. The van der Waals surface area contributed by atoms with Crippen LogP contribution in [0.5, 0.6) is 0 Å². The molecule has 2 heterocycles. The van der Waals surface area contributed by atoms with E-state index in [4.69, 9.17) is 0 Å². The Morgan fingerprint density at radius 3 is 2.20 bits per heavy atom. The molecule has 0 aromatic heterocycles. The maximum atomic E-state index is 13.1. The summed E-state index contributed by atoms with van der Waals surface area (Å²) in [6, 6.07) is 12.2. The topological polar surface area (TPSA) is 113 Å². The first-order valence-electron chi connectivity index (χ1n) is 9.04. The normalized spacial score (nSPS) is 21.4. The van der Waals surface area contributed by atoms with E-state index in [1.807, 2.05) is 0 Å². The lowest BCUT2D eigenvalue weighted by atomic mass is 9.87. The van der Waals surface area contributed by atoms with Gasteiger partial charge in [0.25, 0.3) is 11.6 Å². The van der Waals surface area contributed by atoms with E-state index in [0.29, 0.717) is 17.1 Å². The number of carbonyl (C=O) groups is 3. The fourth-order valence-electron chi connectivity index (χ4n) is 3.72. The molecule has 30 heavy (non-hydrogen) atoms. The molecule has 0 aliphatic carbocycles. The van der Waals surface area contributed by atoms with Gasteiger partial charge in [-0.3, -0.25) is 29.4 Å². The van der Waals surface area contributed by atoms with Crippen LogP contribution in [0.1, 0.15) is 13.3 Å². The van der Waals surface area contributed by atoms with Gasteiger partial charge in [0.05, 0.1) is 28.1 Å². The van der Waals surface area contributed by atoms with E-state index in [9.17, 15) is 24.5 Å². The van der Waals surface area contributed by atoms with Crippen LogP contribution >= 0.6 is 15.9 Å². The Morgan fingerprint density at radius 1 is 1.00 bits per heavy atom. The van der Waals surface area contributed by atoms with E-state index in [1.165, 1.54) is 24.3 Å². The third-order valence-electron chi connectivity index (χ3n) is 5.16. The summed E-state index contributed by atoms with van der Waals surface area (Å²) < 4.78 is 0.814. The van der Waals surface area contributed by atoms with Crippen LogP contribution in [0.3, 0.4) is 0 Å². The van der Waals surface area contributed by atoms with Gasteiger partial charge < -0.3 is 0 Å². The van der Waals surface area contributed by atoms with Gasteiger partial charge in [-0.15, -0.1) is 0 Å². The number of non-ortho nitro benzene ring substituents is 1. The summed E-state index contributed by atoms with van der Waals surface area (Å²) in [5.74, 6) is -2.97. The maximum absolute atomic E-state index is 13.1. The molecule has 0 spiro atoms. The molecular weight excluding hydrogens is 456 g/mol. The van der Waals surface area contributed by atoms with Crippen molar-refractivity contribution in [1.29, 1.82) is 0 Å². The molecule has 3 amide bonds. The first kappa shape index (κ1) is 19.9. The summed E-state index contributed by atoms with van der Waals surface area (Å²) in [5, 5.41) is 16.2. The van der Waals surface area contributed by atoms with E-state index in [1.54, 1.807) is 31.2 Å². The second-order valence-corrected chi connectivity index (χ2v) is 7.91. The van der Waals surface area contributed by atoms with Crippen LogP contribution in [-0.4, -0.2) is 28.4 Å². The Balaban J connectivity index is 1.59. The molecule has 2 aliphatic rings. The highest BCUT2D eigenvalue weighted by Crippen LogP contribution is 2.36.